The van der Waals surface area contributed by atoms with Crippen molar-refractivity contribution >= 4 is 8.56 Å². The number of terminal acetylenes is 1. The molecule has 0 aromatic heterocycles. The lowest BCUT2D eigenvalue weighted by Crippen LogP contribution is -2.40. The Labute approximate surface area is 70.1 Å². The Kier molecular flexibility index (Phi) is 5.21. The predicted octanol–water partition coefficient (Wildman–Crippen LogP) is 1.69. The molecule has 0 aromatic rings. The molecule has 0 fully saturated rings. The van der Waals surface area contributed by atoms with E-state index in [4.69, 9.17) is 15.3 Å². The van der Waals surface area contributed by atoms with Crippen LogP contribution >= 0.6 is 0 Å². The van der Waals surface area contributed by atoms with Gasteiger partial charge in [0.05, 0.1) is 0 Å². The summed E-state index contributed by atoms with van der Waals surface area (Å²) < 4.78 is 10.9. The highest BCUT2D eigenvalue weighted by Gasteiger charge is 2.32. The van der Waals surface area contributed by atoms with Gasteiger partial charge in [-0.15, -0.1) is 6.42 Å². The zero-order valence-corrected chi connectivity index (χ0v) is 8.52. The van der Waals surface area contributed by atoms with Crippen LogP contribution < -0.4 is 0 Å². The predicted molar refractivity (Wildman–Crippen MR) is 48.3 cm³/mol. The molecule has 0 aliphatic carbocycles. The molecule has 0 unspecified atom stereocenters. The maximum Gasteiger partial charge on any atom is 0.423 e. The second-order valence-corrected chi connectivity index (χ2v) is 5.20. The molecule has 0 aliphatic rings. The molecule has 0 radical (unpaired) electrons. The largest absolute Gasteiger partial charge is 0.423 e. The lowest BCUT2D eigenvalue weighted by molar-refractivity contribution is 0.198. The average molecular weight is 172 g/mol. The number of hydrogen-bond acceptors (Lipinski definition) is 2. The van der Waals surface area contributed by atoms with Crippen LogP contribution in [0.25, 0.3) is 0 Å². The molecular formula is C8H16O2Si. The van der Waals surface area contributed by atoms with Gasteiger partial charge in [-0.2, -0.15) is 0 Å². The molecule has 0 atom stereocenters. The second kappa shape index (κ2) is 5.36. The fourth-order valence-electron chi connectivity index (χ4n) is 0.897. The summed E-state index contributed by atoms with van der Waals surface area (Å²) in [5, 5.41) is 0. The lowest BCUT2D eigenvalue weighted by atomic mass is 10.9. The van der Waals surface area contributed by atoms with Gasteiger partial charge >= 0.3 is 8.56 Å². The van der Waals surface area contributed by atoms with Crippen LogP contribution in [0.3, 0.4) is 0 Å². The molecule has 0 spiro atoms. The van der Waals surface area contributed by atoms with Crippen molar-refractivity contribution in [3.8, 4) is 12.0 Å². The van der Waals surface area contributed by atoms with Crippen LogP contribution in [0.5, 0.6) is 0 Å². The van der Waals surface area contributed by atoms with Gasteiger partial charge in [0.2, 0.25) is 0 Å². The summed E-state index contributed by atoms with van der Waals surface area (Å²) in [5.74, 6) is 0. The molecule has 0 heterocycles. The third-order valence-corrected chi connectivity index (χ3v) is 4.32. The standard InChI is InChI=1S/C8H16O2Si/c1-5-9-11(7-3,8-4)10-6-2/h3H,5-6,8H2,1-2,4H3. The SMILES string of the molecule is C#C[Si](CC)(OCC)OCC. The second-order valence-electron chi connectivity index (χ2n) is 2.12. The summed E-state index contributed by atoms with van der Waals surface area (Å²) in [5.41, 5.74) is 2.66. The zero-order valence-electron chi connectivity index (χ0n) is 7.52. The Balaban J connectivity index is 4.11. The fourth-order valence-corrected chi connectivity index (χ4v) is 2.69. The highest BCUT2D eigenvalue weighted by molar-refractivity contribution is 6.75. The van der Waals surface area contributed by atoms with Crippen LogP contribution in [-0.4, -0.2) is 21.8 Å². The smallest absolute Gasteiger partial charge is 0.386 e. The van der Waals surface area contributed by atoms with Gasteiger partial charge in [0.25, 0.3) is 0 Å². The monoisotopic (exact) mass is 172 g/mol. The van der Waals surface area contributed by atoms with Crippen LogP contribution in [0.15, 0.2) is 0 Å². The van der Waals surface area contributed by atoms with Crippen LogP contribution in [0.2, 0.25) is 6.04 Å². The molecule has 0 amide bonds. The van der Waals surface area contributed by atoms with E-state index in [1.54, 1.807) is 0 Å². The summed E-state index contributed by atoms with van der Waals surface area (Å²) in [6.45, 7) is 7.17. The van der Waals surface area contributed by atoms with Gasteiger partial charge in [-0.3, -0.25) is 0 Å². The Bertz CT molecular complexity index is 134. The Hall–Kier alpha value is -0.303. The lowest BCUT2D eigenvalue weighted by Gasteiger charge is -2.22. The van der Waals surface area contributed by atoms with E-state index in [0.717, 1.165) is 6.04 Å². The van der Waals surface area contributed by atoms with E-state index in [2.05, 4.69) is 5.54 Å². The van der Waals surface area contributed by atoms with Crippen LogP contribution in [0, 0.1) is 12.0 Å². The van der Waals surface area contributed by atoms with E-state index in [9.17, 15) is 0 Å². The molecule has 0 saturated heterocycles. The van der Waals surface area contributed by atoms with Crippen molar-refractivity contribution < 1.29 is 8.85 Å². The number of rotatable bonds is 5. The van der Waals surface area contributed by atoms with Gasteiger partial charge in [0.1, 0.15) is 0 Å². The molecule has 0 aliphatic heterocycles. The van der Waals surface area contributed by atoms with Gasteiger partial charge in [-0.25, -0.2) is 0 Å². The highest BCUT2D eigenvalue weighted by Crippen LogP contribution is 2.11. The van der Waals surface area contributed by atoms with E-state index in [-0.39, 0.29) is 0 Å². The average Bonchev–Trinajstić information content (AvgIpc) is 2.04. The van der Waals surface area contributed by atoms with Crippen molar-refractivity contribution in [1.29, 1.82) is 0 Å². The third kappa shape index (κ3) is 3.06. The fraction of sp³-hybridized carbons (Fsp3) is 0.750. The molecule has 0 N–H and O–H groups in total. The third-order valence-electron chi connectivity index (χ3n) is 1.44. The minimum Gasteiger partial charge on any atom is -0.386 e. The molecule has 0 saturated carbocycles. The maximum atomic E-state index is 5.45. The first-order valence-corrected chi connectivity index (χ1v) is 6.02. The number of hydrogen-bond donors (Lipinski definition) is 0. The summed E-state index contributed by atoms with van der Waals surface area (Å²) in [6, 6.07) is 0.825. The van der Waals surface area contributed by atoms with E-state index < -0.39 is 8.56 Å². The van der Waals surface area contributed by atoms with Crippen LogP contribution in [0.1, 0.15) is 20.8 Å². The van der Waals surface area contributed by atoms with E-state index in [1.165, 1.54) is 0 Å². The van der Waals surface area contributed by atoms with E-state index >= 15 is 0 Å². The first-order valence-electron chi connectivity index (χ1n) is 4.00. The molecule has 64 valence electrons. The Morgan fingerprint density at radius 1 is 1.18 bits per heavy atom. The summed E-state index contributed by atoms with van der Waals surface area (Å²) >= 11 is 0. The topological polar surface area (TPSA) is 18.5 Å². The molecule has 0 aromatic carbocycles. The molecule has 0 rings (SSSR count). The van der Waals surface area contributed by atoms with Crippen molar-refractivity contribution in [2.24, 2.45) is 0 Å². The first kappa shape index (κ1) is 10.7. The maximum absolute atomic E-state index is 5.45. The molecular weight excluding hydrogens is 156 g/mol. The Morgan fingerprint density at radius 2 is 1.64 bits per heavy atom. The quantitative estimate of drug-likeness (QED) is 0.464. The molecule has 3 heteroatoms. The highest BCUT2D eigenvalue weighted by atomic mass is 28.4. The normalized spacial score (nSPS) is 11.1. The first-order chi connectivity index (χ1) is 5.24. The van der Waals surface area contributed by atoms with Gasteiger partial charge in [-0.1, -0.05) is 12.5 Å². The van der Waals surface area contributed by atoms with Crippen molar-refractivity contribution in [3.05, 3.63) is 0 Å². The van der Waals surface area contributed by atoms with Gasteiger partial charge in [0, 0.05) is 13.2 Å². The van der Waals surface area contributed by atoms with Crippen molar-refractivity contribution in [1.82, 2.24) is 0 Å². The molecule has 11 heavy (non-hydrogen) atoms. The van der Waals surface area contributed by atoms with E-state index in [1.807, 2.05) is 20.8 Å². The van der Waals surface area contributed by atoms with Gasteiger partial charge in [0.15, 0.2) is 0 Å². The van der Waals surface area contributed by atoms with Crippen LogP contribution in [0.4, 0.5) is 0 Å². The van der Waals surface area contributed by atoms with Crippen molar-refractivity contribution in [3.63, 3.8) is 0 Å². The van der Waals surface area contributed by atoms with Crippen molar-refractivity contribution in [2.45, 2.75) is 26.8 Å². The van der Waals surface area contributed by atoms with Gasteiger partial charge in [-0.05, 0) is 19.9 Å². The minimum atomic E-state index is -2.22. The Morgan fingerprint density at radius 3 is 1.82 bits per heavy atom. The minimum absolute atomic E-state index is 0.643. The summed E-state index contributed by atoms with van der Waals surface area (Å²) in [4.78, 5) is 0. The zero-order chi connectivity index (χ0) is 8.74. The van der Waals surface area contributed by atoms with Gasteiger partial charge < -0.3 is 8.85 Å². The van der Waals surface area contributed by atoms with Crippen molar-refractivity contribution in [2.75, 3.05) is 13.2 Å². The summed E-state index contributed by atoms with van der Waals surface area (Å²) in [6.07, 6.45) is 5.35. The van der Waals surface area contributed by atoms with E-state index in [0.29, 0.717) is 13.2 Å². The van der Waals surface area contributed by atoms with Crippen LogP contribution in [-0.2, 0) is 8.85 Å². The summed E-state index contributed by atoms with van der Waals surface area (Å²) in [7, 11) is -2.22. The molecule has 0 bridgehead atoms. The molecule has 2 nitrogen and oxygen atoms in total.